The Labute approximate surface area is 99.6 Å². The summed E-state index contributed by atoms with van der Waals surface area (Å²) < 4.78 is 0. The summed E-state index contributed by atoms with van der Waals surface area (Å²) in [5.74, 6) is -1.21. The van der Waals surface area contributed by atoms with Crippen LogP contribution in [0.4, 0.5) is 0 Å². The monoisotopic (exact) mass is 236 g/mol. The fourth-order valence-electron chi connectivity index (χ4n) is 1.32. The van der Waals surface area contributed by atoms with Gasteiger partial charge in [0.25, 0.3) is 0 Å². The minimum Gasteiger partial charge on any atom is -0.478 e. The largest absolute Gasteiger partial charge is 0.478 e. The molecule has 1 amide bonds. The predicted octanol–water partition coefficient (Wildman–Crippen LogP) is 0.738. The summed E-state index contributed by atoms with van der Waals surface area (Å²) in [6.45, 7) is 2.11. The molecule has 1 aromatic carbocycles. The Balaban J connectivity index is 2.60. The highest BCUT2D eigenvalue weighted by atomic mass is 16.4. The van der Waals surface area contributed by atoms with Gasteiger partial charge in [-0.15, -0.1) is 0 Å². The quantitative estimate of drug-likeness (QED) is 0.703. The molecule has 5 nitrogen and oxygen atoms in total. The number of carbonyl (C=O) groups excluding carboxylic acids is 1. The minimum absolute atomic E-state index is 0.205. The first-order valence-electron chi connectivity index (χ1n) is 5.40. The zero-order chi connectivity index (χ0) is 12.8. The van der Waals surface area contributed by atoms with Gasteiger partial charge in [-0.3, -0.25) is 4.79 Å². The van der Waals surface area contributed by atoms with Gasteiger partial charge in [0.15, 0.2) is 0 Å². The molecule has 0 aliphatic carbocycles. The summed E-state index contributed by atoms with van der Waals surface area (Å²) in [5.41, 5.74) is 6.50. The van der Waals surface area contributed by atoms with Crippen LogP contribution in [0.25, 0.3) is 0 Å². The number of nitrogens with one attached hydrogen (secondary N) is 1. The Kier molecular flexibility index (Phi) is 4.66. The summed E-state index contributed by atoms with van der Waals surface area (Å²) in [6.07, 6.45) is 0.570. The second kappa shape index (κ2) is 6.00. The fraction of sp³-hybridized carbons (Fsp3) is 0.333. The highest BCUT2D eigenvalue weighted by Crippen LogP contribution is 2.05. The van der Waals surface area contributed by atoms with Crippen LogP contribution in [0.5, 0.6) is 0 Å². The van der Waals surface area contributed by atoms with Crippen molar-refractivity contribution in [1.29, 1.82) is 0 Å². The lowest BCUT2D eigenvalue weighted by Gasteiger charge is -2.10. The number of carboxylic acid groups (broad SMARTS) is 1. The summed E-state index contributed by atoms with van der Waals surface area (Å²) in [6, 6.07) is 5.91. The molecule has 1 unspecified atom stereocenters. The smallest absolute Gasteiger partial charge is 0.335 e. The SMILES string of the molecule is CCC(N)C(=O)NCc1cccc(C(=O)O)c1. The summed E-state index contributed by atoms with van der Waals surface area (Å²) in [7, 11) is 0. The van der Waals surface area contributed by atoms with Crippen molar-refractivity contribution in [2.24, 2.45) is 5.73 Å². The number of carbonyl (C=O) groups is 2. The highest BCUT2D eigenvalue weighted by Gasteiger charge is 2.10. The summed E-state index contributed by atoms with van der Waals surface area (Å²) in [5, 5.41) is 11.5. The number of hydrogen-bond donors (Lipinski definition) is 3. The molecule has 0 aliphatic rings. The molecule has 1 rings (SSSR count). The third-order valence-corrected chi connectivity index (χ3v) is 2.42. The van der Waals surface area contributed by atoms with Gasteiger partial charge in [0, 0.05) is 6.54 Å². The van der Waals surface area contributed by atoms with Crippen molar-refractivity contribution in [3.8, 4) is 0 Å². The van der Waals surface area contributed by atoms with Gasteiger partial charge in [0.1, 0.15) is 0 Å². The van der Waals surface area contributed by atoms with Gasteiger partial charge in [-0.1, -0.05) is 19.1 Å². The van der Waals surface area contributed by atoms with Gasteiger partial charge in [0.05, 0.1) is 11.6 Å². The van der Waals surface area contributed by atoms with Crippen LogP contribution in [0.3, 0.4) is 0 Å². The average Bonchev–Trinajstić information content (AvgIpc) is 2.35. The maximum atomic E-state index is 11.4. The van der Waals surface area contributed by atoms with Gasteiger partial charge in [-0.05, 0) is 24.1 Å². The molecule has 0 aromatic heterocycles. The fourth-order valence-corrected chi connectivity index (χ4v) is 1.32. The molecule has 0 fully saturated rings. The normalized spacial score (nSPS) is 11.9. The Morgan fingerprint density at radius 1 is 1.47 bits per heavy atom. The summed E-state index contributed by atoms with van der Waals surface area (Å²) in [4.78, 5) is 22.2. The van der Waals surface area contributed by atoms with Gasteiger partial charge in [-0.25, -0.2) is 4.79 Å². The molecule has 1 atom stereocenters. The molecule has 5 heteroatoms. The topological polar surface area (TPSA) is 92.4 Å². The minimum atomic E-state index is -0.983. The van der Waals surface area contributed by atoms with Crippen molar-refractivity contribution in [2.45, 2.75) is 25.9 Å². The number of rotatable bonds is 5. The molecule has 0 saturated heterocycles. The van der Waals surface area contributed by atoms with Crippen molar-refractivity contribution < 1.29 is 14.7 Å². The molecule has 4 N–H and O–H groups in total. The molecule has 92 valence electrons. The van der Waals surface area contributed by atoms with E-state index in [1.807, 2.05) is 6.92 Å². The molecule has 17 heavy (non-hydrogen) atoms. The van der Waals surface area contributed by atoms with Crippen LogP contribution in [0, 0.1) is 0 Å². The third-order valence-electron chi connectivity index (χ3n) is 2.42. The molecule has 0 aliphatic heterocycles. The van der Waals surface area contributed by atoms with Crippen LogP contribution in [0.1, 0.15) is 29.3 Å². The standard InChI is InChI=1S/C12H16N2O3/c1-2-10(13)11(15)14-7-8-4-3-5-9(6-8)12(16)17/h3-6,10H,2,7,13H2,1H3,(H,14,15)(H,16,17). The van der Waals surface area contributed by atoms with E-state index in [4.69, 9.17) is 10.8 Å². The van der Waals surface area contributed by atoms with E-state index in [1.54, 1.807) is 12.1 Å². The first kappa shape index (κ1) is 13.2. The molecule has 0 heterocycles. The van der Waals surface area contributed by atoms with Crippen molar-refractivity contribution in [3.63, 3.8) is 0 Å². The number of benzene rings is 1. The van der Waals surface area contributed by atoms with E-state index >= 15 is 0 Å². The third kappa shape index (κ3) is 3.88. The van der Waals surface area contributed by atoms with E-state index in [1.165, 1.54) is 12.1 Å². The van der Waals surface area contributed by atoms with E-state index in [9.17, 15) is 9.59 Å². The maximum Gasteiger partial charge on any atom is 0.335 e. The first-order chi connectivity index (χ1) is 8.04. The Bertz CT molecular complexity index is 418. The van der Waals surface area contributed by atoms with E-state index in [0.717, 1.165) is 5.56 Å². The number of nitrogens with two attached hydrogens (primary N) is 1. The van der Waals surface area contributed by atoms with E-state index < -0.39 is 12.0 Å². The molecule has 0 bridgehead atoms. The molecule has 0 spiro atoms. The number of hydrogen-bond acceptors (Lipinski definition) is 3. The lowest BCUT2D eigenvalue weighted by molar-refractivity contribution is -0.122. The number of amides is 1. The van der Waals surface area contributed by atoms with Gasteiger partial charge in [0.2, 0.25) is 5.91 Å². The second-order valence-corrected chi connectivity index (χ2v) is 3.74. The van der Waals surface area contributed by atoms with Crippen LogP contribution in [0.15, 0.2) is 24.3 Å². The zero-order valence-corrected chi connectivity index (χ0v) is 9.64. The van der Waals surface area contributed by atoms with E-state index in [2.05, 4.69) is 5.32 Å². The molecule has 0 saturated carbocycles. The van der Waals surface area contributed by atoms with Crippen LogP contribution in [-0.4, -0.2) is 23.0 Å². The summed E-state index contributed by atoms with van der Waals surface area (Å²) >= 11 is 0. The van der Waals surface area contributed by atoms with Crippen LogP contribution in [0.2, 0.25) is 0 Å². The molecule has 1 aromatic rings. The van der Waals surface area contributed by atoms with Crippen LogP contribution in [-0.2, 0) is 11.3 Å². The van der Waals surface area contributed by atoms with Crippen molar-refractivity contribution in [2.75, 3.05) is 0 Å². The lowest BCUT2D eigenvalue weighted by atomic mass is 10.1. The van der Waals surface area contributed by atoms with Crippen LogP contribution < -0.4 is 11.1 Å². The maximum absolute atomic E-state index is 11.4. The lowest BCUT2D eigenvalue weighted by Crippen LogP contribution is -2.39. The van der Waals surface area contributed by atoms with Crippen molar-refractivity contribution in [3.05, 3.63) is 35.4 Å². The Hall–Kier alpha value is -1.88. The van der Waals surface area contributed by atoms with Gasteiger partial charge < -0.3 is 16.2 Å². The second-order valence-electron chi connectivity index (χ2n) is 3.74. The molecular weight excluding hydrogens is 220 g/mol. The van der Waals surface area contributed by atoms with Gasteiger partial charge in [-0.2, -0.15) is 0 Å². The Morgan fingerprint density at radius 2 is 2.18 bits per heavy atom. The number of carboxylic acids is 1. The van der Waals surface area contributed by atoms with Crippen LogP contribution >= 0.6 is 0 Å². The predicted molar refractivity (Wildman–Crippen MR) is 63.5 cm³/mol. The van der Waals surface area contributed by atoms with E-state index in [0.29, 0.717) is 6.42 Å². The highest BCUT2D eigenvalue weighted by molar-refractivity contribution is 5.87. The first-order valence-corrected chi connectivity index (χ1v) is 5.40. The molecular formula is C12H16N2O3. The molecule has 0 radical (unpaired) electrons. The number of aromatic carboxylic acids is 1. The van der Waals surface area contributed by atoms with Gasteiger partial charge >= 0.3 is 5.97 Å². The van der Waals surface area contributed by atoms with E-state index in [-0.39, 0.29) is 18.0 Å². The van der Waals surface area contributed by atoms with Crippen molar-refractivity contribution in [1.82, 2.24) is 5.32 Å². The zero-order valence-electron chi connectivity index (χ0n) is 9.64. The average molecular weight is 236 g/mol. The van der Waals surface area contributed by atoms with Crippen molar-refractivity contribution >= 4 is 11.9 Å². The Morgan fingerprint density at radius 3 is 2.76 bits per heavy atom.